The quantitative estimate of drug-likeness (QED) is 0.914. The van der Waals surface area contributed by atoms with Gasteiger partial charge in [-0.2, -0.15) is 0 Å². The minimum atomic E-state index is 0.986. The molecule has 0 saturated heterocycles. The molecule has 0 aromatic carbocycles. The molecule has 0 bridgehead atoms. The van der Waals surface area contributed by atoms with Gasteiger partial charge in [0.1, 0.15) is 5.01 Å². The normalized spacial score (nSPS) is 19.2. The summed E-state index contributed by atoms with van der Waals surface area (Å²) in [7, 11) is 0. The zero-order valence-electron chi connectivity index (χ0n) is 11.0. The Kier molecular flexibility index (Phi) is 2.89. The first-order chi connectivity index (χ1) is 9.38. The predicted octanol–water partition coefficient (Wildman–Crippen LogP) is 2.30. The van der Waals surface area contributed by atoms with Gasteiger partial charge in [-0.25, -0.2) is 9.97 Å². The number of rotatable bonds is 2. The van der Waals surface area contributed by atoms with Crippen molar-refractivity contribution in [2.75, 3.05) is 6.54 Å². The van der Waals surface area contributed by atoms with E-state index in [4.69, 9.17) is 4.98 Å². The highest BCUT2D eigenvalue weighted by atomic mass is 32.1. The molecule has 1 aliphatic carbocycles. The standard InChI is InChI=1S/C14H18N4S/c1-2-4-13-11(3-1)17-14(19-13)8-18-6-5-10-12(7-18)16-9-15-10/h9H,1-8H2,(H,15,16). The van der Waals surface area contributed by atoms with Crippen molar-refractivity contribution in [3.8, 4) is 0 Å². The molecule has 1 N–H and O–H groups in total. The molecule has 0 atom stereocenters. The first-order valence-corrected chi connectivity index (χ1v) is 7.91. The summed E-state index contributed by atoms with van der Waals surface area (Å²) in [5.41, 5.74) is 3.91. The van der Waals surface area contributed by atoms with E-state index in [1.165, 1.54) is 47.8 Å². The highest BCUT2D eigenvalue weighted by Gasteiger charge is 2.21. The van der Waals surface area contributed by atoms with Gasteiger partial charge < -0.3 is 4.98 Å². The van der Waals surface area contributed by atoms with Crippen molar-refractivity contribution in [2.24, 2.45) is 0 Å². The number of nitrogens with zero attached hydrogens (tertiary/aromatic N) is 3. The lowest BCUT2D eigenvalue weighted by atomic mass is 10.0. The van der Waals surface area contributed by atoms with Gasteiger partial charge in [-0.3, -0.25) is 4.90 Å². The molecule has 0 radical (unpaired) electrons. The van der Waals surface area contributed by atoms with Crippen LogP contribution in [-0.4, -0.2) is 26.4 Å². The molecule has 5 heteroatoms. The molecule has 0 unspecified atom stereocenters. The fourth-order valence-corrected chi connectivity index (χ4v) is 4.27. The number of aromatic amines is 1. The van der Waals surface area contributed by atoms with Crippen molar-refractivity contribution in [1.29, 1.82) is 0 Å². The van der Waals surface area contributed by atoms with Crippen LogP contribution in [0.4, 0.5) is 0 Å². The number of imidazole rings is 1. The van der Waals surface area contributed by atoms with Crippen LogP contribution in [0.2, 0.25) is 0 Å². The second kappa shape index (κ2) is 4.72. The molecule has 0 fully saturated rings. The Hall–Kier alpha value is -1.20. The van der Waals surface area contributed by atoms with Gasteiger partial charge in [-0.05, 0) is 25.7 Å². The van der Waals surface area contributed by atoms with Gasteiger partial charge in [0.05, 0.1) is 30.0 Å². The lowest BCUT2D eigenvalue weighted by Gasteiger charge is -2.24. The lowest BCUT2D eigenvalue weighted by Crippen LogP contribution is -2.30. The van der Waals surface area contributed by atoms with E-state index in [1.807, 2.05) is 17.7 Å². The van der Waals surface area contributed by atoms with Crippen LogP contribution in [0.1, 0.15) is 39.8 Å². The fraction of sp³-hybridized carbons (Fsp3) is 0.571. The highest BCUT2D eigenvalue weighted by Crippen LogP contribution is 2.28. The summed E-state index contributed by atoms with van der Waals surface area (Å²) in [5, 5.41) is 1.30. The Bertz CT molecular complexity index is 563. The maximum Gasteiger partial charge on any atom is 0.107 e. The molecule has 0 saturated carbocycles. The number of fused-ring (bicyclic) bond motifs is 2. The Morgan fingerprint density at radius 3 is 3.11 bits per heavy atom. The van der Waals surface area contributed by atoms with Gasteiger partial charge in [-0.15, -0.1) is 11.3 Å². The smallest absolute Gasteiger partial charge is 0.107 e. The molecule has 2 aromatic heterocycles. The topological polar surface area (TPSA) is 44.8 Å². The van der Waals surface area contributed by atoms with E-state index in [0.717, 1.165) is 26.1 Å². The molecule has 0 spiro atoms. The molecular weight excluding hydrogens is 256 g/mol. The summed E-state index contributed by atoms with van der Waals surface area (Å²) >= 11 is 1.93. The van der Waals surface area contributed by atoms with Crippen molar-refractivity contribution in [3.05, 3.63) is 33.3 Å². The summed E-state index contributed by atoms with van der Waals surface area (Å²) in [6.45, 7) is 3.08. The van der Waals surface area contributed by atoms with Crippen molar-refractivity contribution >= 4 is 11.3 Å². The SMILES string of the molecule is c1nc2c([nH]1)CN(Cc1nc3c(s1)CCCC3)CC2. The first kappa shape index (κ1) is 11.6. The average Bonchev–Trinajstić information content (AvgIpc) is 3.03. The Morgan fingerprint density at radius 1 is 1.21 bits per heavy atom. The third-order valence-corrected chi connectivity index (χ3v) is 5.25. The minimum absolute atomic E-state index is 0.986. The van der Waals surface area contributed by atoms with Crippen LogP contribution in [0.15, 0.2) is 6.33 Å². The van der Waals surface area contributed by atoms with Crippen LogP contribution >= 0.6 is 11.3 Å². The Labute approximate surface area is 116 Å². The number of hydrogen-bond donors (Lipinski definition) is 1. The van der Waals surface area contributed by atoms with Crippen LogP contribution in [0.3, 0.4) is 0 Å². The zero-order chi connectivity index (χ0) is 12.7. The van der Waals surface area contributed by atoms with Crippen LogP contribution < -0.4 is 0 Å². The van der Waals surface area contributed by atoms with Crippen molar-refractivity contribution in [1.82, 2.24) is 19.9 Å². The van der Waals surface area contributed by atoms with E-state index in [0.29, 0.717) is 0 Å². The van der Waals surface area contributed by atoms with Gasteiger partial charge in [0.25, 0.3) is 0 Å². The second-order valence-electron chi connectivity index (χ2n) is 5.47. The van der Waals surface area contributed by atoms with E-state index >= 15 is 0 Å². The number of aryl methyl sites for hydroxylation is 2. The van der Waals surface area contributed by atoms with Crippen molar-refractivity contribution < 1.29 is 0 Å². The first-order valence-electron chi connectivity index (χ1n) is 7.09. The molecule has 0 amide bonds. The summed E-state index contributed by atoms with van der Waals surface area (Å²) in [6, 6.07) is 0. The molecule has 4 rings (SSSR count). The van der Waals surface area contributed by atoms with Crippen LogP contribution in [-0.2, 0) is 32.4 Å². The molecule has 1 aliphatic heterocycles. The van der Waals surface area contributed by atoms with Crippen molar-refractivity contribution in [3.63, 3.8) is 0 Å². The monoisotopic (exact) mass is 274 g/mol. The predicted molar refractivity (Wildman–Crippen MR) is 75.2 cm³/mol. The molecule has 2 aromatic rings. The van der Waals surface area contributed by atoms with Gasteiger partial charge in [-0.1, -0.05) is 0 Å². The molecule has 2 aliphatic rings. The number of H-pyrrole nitrogens is 1. The summed E-state index contributed by atoms with van der Waals surface area (Å²) in [4.78, 5) is 16.5. The summed E-state index contributed by atoms with van der Waals surface area (Å²) in [5.74, 6) is 0. The largest absolute Gasteiger partial charge is 0.347 e. The zero-order valence-corrected chi connectivity index (χ0v) is 11.8. The number of aromatic nitrogens is 3. The van der Waals surface area contributed by atoms with Crippen LogP contribution in [0, 0.1) is 0 Å². The van der Waals surface area contributed by atoms with Gasteiger partial charge in [0.2, 0.25) is 0 Å². The van der Waals surface area contributed by atoms with Crippen LogP contribution in [0.5, 0.6) is 0 Å². The Balaban J connectivity index is 1.49. The van der Waals surface area contributed by atoms with E-state index in [2.05, 4.69) is 14.9 Å². The highest BCUT2D eigenvalue weighted by molar-refractivity contribution is 7.11. The second-order valence-corrected chi connectivity index (χ2v) is 6.64. The third kappa shape index (κ3) is 2.21. The fourth-order valence-electron chi connectivity index (χ4n) is 3.07. The van der Waals surface area contributed by atoms with E-state index < -0.39 is 0 Å². The molecular formula is C14H18N4S. The van der Waals surface area contributed by atoms with Gasteiger partial charge in [0.15, 0.2) is 0 Å². The van der Waals surface area contributed by atoms with Gasteiger partial charge >= 0.3 is 0 Å². The van der Waals surface area contributed by atoms with E-state index in [-0.39, 0.29) is 0 Å². The number of thiazole rings is 1. The number of nitrogens with one attached hydrogen (secondary N) is 1. The van der Waals surface area contributed by atoms with E-state index in [1.54, 1.807) is 4.88 Å². The molecule has 3 heterocycles. The lowest BCUT2D eigenvalue weighted by molar-refractivity contribution is 0.241. The summed E-state index contributed by atoms with van der Waals surface area (Å²) in [6.07, 6.45) is 7.97. The maximum absolute atomic E-state index is 4.84. The van der Waals surface area contributed by atoms with Gasteiger partial charge in [0, 0.05) is 24.4 Å². The number of hydrogen-bond acceptors (Lipinski definition) is 4. The summed E-state index contributed by atoms with van der Waals surface area (Å²) < 4.78 is 0. The molecule has 4 nitrogen and oxygen atoms in total. The Morgan fingerprint density at radius 2 is 2.16 bits per heavy atom. The molecule has 19 heavy (non-hydrogen) atoms. The van der Waals surface area contributed by atoms with Crippen molar-refractivity contribution in [2.45, 2.75) is 45.2 Å². The molecule has 100 valence electrons. The average molecular weight is 274 g/mol. The van der Waals surface area contributed by atoms with E-state index in [9.17, 15) is 0 Å². The minimum Gasteiger partial charge on any atom is -0.347 e. The maximum atomic E-state index is 4.84. The van der Waals surface area contributed by atoms with Crippen LogP contribution in [0.25, 0.3) is 0 Å². The third-order valence-electron chi connectivity index (χ3n) is 4.10.